The Morgan fingerprint density at radius 1 is 1.46 bits per heavy atom. The number of amides is 1. The third kappa shape index (κ3) is 7.31. The highest BCUT2D eigenvalue weighted by Gasteiger charge is 2.12. The maximum atomic E-state index is 10.7. The largest absolute Gasteiger partial charge is 0.481 e. The number of carboxylic acid groups (broad SMARTS) is 1. The minimum absolute atomic E-state index is 0.0135. The molecule has 0 bridgehead atoms. The Bertz CT molecular complexity index is 164. The van der Waals surface area contributed by atoms with Crippen LogP contribution >= 0.6 is 0 Å². The Labute approximate surface area is 78.3 Å². The highest BCUT2D eigenvalue weighted by atomic mass is 16.4. The van der Waals surface area contributed by atoms with Crippen LogP contribution < -0.4 is 5.32 Å². The first-order chi connectivity index (χ1) is 6.06. The van der Waals surface area contributed by atoms with Crippen molar-refractivity contribution in [2.75, 3.05) is 0 Å². The first-order valence-corrected chi connectivity index (χ1v) is 4.55. The molecule has 4 nitrogen and oxygen atoms in total. The molecule has 0 heterocycles. The van der Waals surface area contributed by atoms with Gasteiger partial charge in [-0.15, -0.1) is 0 Å². The molecule has 1 atom stereocenters. The zero-order valence-electron chi connectivity index (χ0n) is 8.17. The number of carboxylic acids is 1. The predicted molar refractivity (Wildman–Crippen MR) is 49.4 cm³/mol. The Morgan fingerprint density at radius 2 is 2.08 bits per heavy atom. The molecule has 1 amide bonds. The Morgan fingerprint density at radius 3 is 2.46 bits per heavy atom. The molecule has 0 saturated heterocycles. The first-order valence-electron chi connectivity index (χ1n) is 4.55. The van der Waals surface area contributed by atoms with Gasteiger partial charge in [0.25, 0.3) is 0 Å². The Hall–Kier alpha value is -1.06. The van der Waals surface area contributed by atoms with Crippen LogP contribution in [0.25, 0.3) is 0 Å². The van der Waals surface area contributed by atoms with Crippen molar-refractivity contribution >= 4 is 11.9 Å². The normalized spacial score (nSPS) is 12.2. The molecule has 0 aromatic rings. The Kier molecular flexibility index (Phi) is 5.93. The molecule has 0 fully saturated rings. The molecule has 0 saturated carbocycles. The molecule has 0 aliphatic heterocycles. The van der Waals surface area contributed by atoms with Crippen molar-refractivity contribution in [3.63, 3.8) is 0 Å². The summed E-state index contributed by atoms with van der Waals surface area (Å²) in [6.07, 6.45) is 2.70. The Balaban J connectivity index is 3.87. The fourth-order valence-corrected chi connectivity index (χ4v) is 1.17. The highest BCUT2D eigenvalue weighted by Crippen LogP contribution is 2.04. The molecule has 0 aromatic heterocycles. The molecule has 13 heavy (non-hydrogen) atoms. The second-order valence-electron chi connectivity index (χ2n) is 3.14. The van der Waals surface area contributed by atoms with Gasteiger partial charge >= 0.3 is 5.97 Å². The molecule has 0 unspecified atom stereocenters. The van der Waals surface area contributed by atoms with Gasteiger partial charge in [-0.3, -0.25) is 9.59 Å². The number of hydrogen-bond acceptors (Lipinski definition) is 2. The third-order valence-electron chi connectivity index (χ3n) is 1.73. The lowest BCUT2D eigenvalue weighted by Crippen LogP contribution is -2.34. The highest BCUT2D eigenvalue weighted by molar-refractivity contribution is 5.74. The number of nitrogens with one attached hydrogen (secondary N) is 1. The van der Waals surface area contributed by atoms with Crippen molar-refractivity contribution in [1.82, 2.24) is 5.32 Å². The lowest BCUT2D eigenvalue weighted by molar-refractivity contribution is -0.137. The maximum Gasteiger partial charge on any atom is 0.305 e. The van der Waals surface area contributed by atoms with Crippen LogP contribution in [0.2, 0.25) is 0 Å². The molecule has 0 aliphatic rings. The van der Waals surface area contributed by atoms with Gasteiger partial charge < -0.3 is 10.4 Å². The van der Waals surface area contributed by atoms with Crippen molar-refractivity contribution in [2.45, 2.75) is 45.6 Å². The van der Waals surface area contributed by atoms with Crippen LogP contribution in [0.4, 0.5) is 0 Å². The maximum absolute atomic E-state index is 10.7. The monoisotopic (exact) mass is 187 g/mol. The van der Waals surface area contributed by atoms with E-state index in [0.29, 0.717) is 0 Å². The quantitative estimate of drug-likeness (QED) is 0.655. The van der Waals surface area contributed by atoms with E-state index >= 15 is 0 Å². The number of hydrogen-bond donors (Lipinski definition) is 2. The fourth-order valence-electron chi connectivity index (χ4n) is 1.17. The summed E-state index contributed by atoms with van der Waals surface area (Å²) in [5, 5.41) is 11.2. The van der Waals surface area contributed by atoms with E-state index in [4.69, 9.17) is 5.11 Å². The number of aliphatic carboxylic acids is 1. The lowest BCUT2D eigenvalue weighted by Gasteiger charge is -2.14. The number of carbonyl (C=O) groups is 2. The van der Waals surface area contributed by atoms with Gasteiger partial charge in [-0.05, 0) is 6.42 Å². The lowest BCUT2D eigenvalue weighted by atomic mass is 10.1. The molecule has 0 aliphatic carbocycles. The summed E-state index contributed by atoms with van der Waals surface area (Å²) < 4.78 is 0. The molecule has 0 radical (unpaired) electrons. The summed E-state index contributed by atoms with van der Waals surface area (Å²) in [4.78, 5) is 21.1. The van der Waals surface area contributed by atoms with Crippen molar-refractivity contribution in [1.29, 1.82) is 0 Å². The van der Waals surface area contributed by atoms with Gasteiger partial charge in [0.15, 0.2) is 0 Å². The van der Waals surface area contributed by atoms with Gasteiger partial charge in [-0.2, -0.15) is 0 Å². The van der Waals surface area contributed by atoms with Crippen molar-refractivity contribution in [2.24, 2.45) is 0 Å². The van der Waals surface area contributed by atoms with Crippen LogP contribution in [0.3, 0.4) is 0 Å². The summed E-state index contributed by atoms with van der Waals surface area (Å²) in [6.45, 7) is 3.44. The minimum Gasteiger partial charge on any atom is -0.481 e. The average Bonchev–Trinajstić information content (AvgIpc) is 1.98. The summed E-state index contributed by atoms with van der Waals surface area (Å²) in [5.74, 6) is -1.03. The zero-order chi connectivity index (χ0) is 10.3. The van der Waals surface area contributed by atoms with Crippen molar-refractivity contribution in [3.05, 3.63) is 0 Å². The van der Waals surface area contributed by atoms with E-state index in [9.17, 15) is 9.59 Å². The third-order valence-corrected chi connectivity index (χ3v) is 1.73. The van der Waals surface area contributed by atoms with Gasteiger partial charge in [-0.25, -0.2) is 0 Å². The number of unbranched alkanes of at least 4 members (excludes halogenated alkanes) is 1. The molecular weight excluding hydrogens is 170 g/mol. The van der Waals surface area contributed by atoms with Crippen molar-refractivity contribution in [3.8, 4) is 0 Å². The van der Waals surface area contributed by atoms with E-state index < -0.39 is 5.97 Å². The van der Waals surface area contributed by atoms with E-state index in [1.54, 1.807) is 0 Å². The van der Waals surface area contributed by atoms with E-state index in [1.165, 1.54) is 6.92 Å². The smallest absolute Gasteiger partial charge is 0.305 e. The first kappa shape index (κ1) is 11.9. The molecule has 0 aromatic carbocycles. The van der Waals surface area contributed by atoms with Crippen LogP contribution in [0.15, 0.2) is 0 Å². The second kappa shape index (κ2) is 6.46. The van der Waals surface area contributed by atoms with Gasteiger partial charge in [0, 0.05) is 13.0 Å². The van der Waals surface area contributed by atoms with Crippen LogP contribution in [0, 0.1) is 0 Å². The number of carbonyl (C=O) groups excluding carboxylic acids is 1. The molecular formula is C9H17NO3. The molecule has 0 spiro atoms. The summed E-state index contributed by atoms with van der Waals surface area (Å²) in [5.41, 5.74) is 0. The van der Waals surface area contributed by atoms with Crippen LogP contribution in [0.5, 0.6) is 0 Å². The van der Waals surface area contributed by atoms with Gasteiger partial charge in [0.2, 0.25) is 5.91 Å². The van der Waals surface area contributed by atoms with E-state index in [-0.39, 0.29) is 18.4 Å². The molecule has 4 heteroatoms. The van der Waals surface area contributed by atoms with E-state index in [2.05, 4.69) is 5.32 Å². The molecule has 0 rings (SSSR count). The second-order valence-corrected chi connectivity index (χ2v) is 3.14. The van der Waals surface area contributed by atoms with Crippen LogP contribution in [0.1, 0.15) is 39.5 Å². The van der Waals surface area contributed by atoms with Gasteiger partial charge in [0.05, 0.1) is 6.42 Å². The van der Waals surface area contributed by atoms with Crippen LogP contribution in [-0.2, 0) is 9.59 Å². The molecule has 76 valence electrons. The fraction of sp³-hybridized carbons (Fsp3) is 0.778. The van der Waals surface area contributed by atoms with Gasteiger partial charge in [0.1, 0.15) is 0 Å². The SMILES string of the molecule is CCCC[C@H](CC(=O)O)NC(C)=O. The number of rotatable bonds is 6. The standard InChI is InChI=1S/C9H17NO3/c1-3-4-5-8(6-9(12)13)10-7(2)11/h8H,3-6H2,1-2H3,(H,10,11)(H,12,13)/t8-/m1/s1. The summed E-state index contributed by atoms with van der Waals surface area (Å²) in [7, 11) is 0. The predicted octanol–water partition coefficient (Wildman–Crippen LogP) is 1.16. The van der Waals surface area contributed by atoms with Crippen molar-refractivity contribution < 1.29 is 14.7 Å². The van der Waals surface area contributed by atoms with E-state index in [1.807, 2.05) is 6.92 Å². The molecule has 2 N–H and O–H groups in total. The zero-order valence-corrected chi connectivity index (χ0v) is 8.17. The minimum atomic E-state index is -0.866. The average molecular weight is 187 g/mol. The van der Waals surface area contributed by atoms with E-state index in [0.717, 1.165) is 19.3 Å². The summed E-state index contributed by atoms with van der Waals surface area (Å²) >= 11 is 0. The topological polar surface area (TPSA) is 66.4 Å². The van der Waals surface area contributed by atoms with Crippen LogP contribution in [-0.4, -0.2) is 23.0 Å². The summed E-state index contributed by atoms with van der Waals surface area (Å²) in [6, 6.07) is -0.213. The van der Waals surface area contributed by atoms with Gasteiger partial charge in [-0.1, -0.05) is 19.8 Å².